The van der Waals surface area contributed by atoms with Crippen LogP contribution >= 0.6 is 34.8 Å². The number of aryl methyl sites for hydroxylation is 1. The van der Waals surface area contributed by atoms with Crippen molar-refractivity contribution in [2.75, 3.05) is 5.32 Å². The summed E-state index contributed by atoms with van der Waals surface area (Å²) in [5.74, 6) is -0.281. The molecule has 0 radical (unpaired) electrons. The highest BCUT2D eigenvalue weighted by Crippen LogP contribution is 2.16. The summed E-state index contributed by atoms with van der Waals surface area (Å²) in [4.78, 5) is 11.8. The van der Waals surface area contributed by atoms with E-state index in [4.69, 9.17) is 12.2 Å². The number of amides is 1. The fraction of sp³-hybridized carbons (Fsp3) is 0.0833. The maximum absolute atomic E-state index is 11.8. The van der Waals surface area contributed by atoms with Crippen molar-refractivity contribution in [1.29, 1.82) is 0 Å². The monoisotopic (exact) mass is 386 g/mol. The number of aromatic nitrogens is 2. The second kappa shape index (κ2) is 6.11. The van der Waals surface area contributed by atoms with Crippen LogP contribution in [0.25, 0.3) is 0 Å². The minimum absolute atomic E-state index is 0.262. The molecule has 7 heteroatoms. The third kappa shape index (κ3) is 3.74. The van der Waals surface area contributed by atoms with E-state index in [2.05, 4.69) is 38.3 Å². The fourth-order valence-corrected chi connectivity index (χ4v) is 2.15. The quantitative estimate of drug-likeness (QED) is 0.614. The lowest BCUT2D eigenvalue weighted by molar-refractivity contribution is 0.0977. The zero-order valence-electron chi connectivity index (χ0n) is 10.1. The SMILES string of the molecule is Cn1cc(C(=O)NC(=S)Nc2ccccc2I)cn1. The molecule has 1 aromatic carbocycles. The van der Waals surface area contributed by atoms with E-state index in [9.17, 15) is 4.79 Å². The lowest BCUT2D eigenvalue weighted by Gasteiger charge is -2.10. The van der Waals surface area contributed by atoms with E-state index in [1.165, 1.54) is 6.20 Å². The maximum Gasteiger partial charge on any atom is 0.260 e. The molecule has 0 saturated carbocycles. The molecule has 1 heterocycles. The molecule has 2 aromatic rings. The number of carbonyl (C=O) groups excluding carboxylic acids is 1. The van der Waals surface area contributed by atoms with Gasteiger partial charge in [0, 0.05) is 16.8 Å². The number of hydrogen-bond donors (Lipinski definition) is 2. The molecule has 0 aliphatic rings. The highest BCUT2D eigenvalue weighted by atomic mass is 127. The van der Waals surface area contributed by atoms with Gasteiger partial charge in [0.05, 0.1) is 17.4 Å². The molecule has 2 rings (SSSR count). The largest absolute Gasteiger partial charge is 0.332 e. The molecule has 1 aromatic heterocycles. The summed E-state index contributed by atoms with van der Waals surface area (Å²) in [5, 5.41) is 9.79. The molecule has 0 saturated heterocycles. The fourth-order valence-electron chi connectivity index (χ4n) is 1.43. The first-order valence-corrected chi connectivity index (χ1v) is 6.90. The van der Waals surface area contributed by atoms with Crippen LogP contribution in [0.2, 0.25) is 0 Å². The Kier molecular flexibility index (Phi) is 4.48. The number of anilines is 1. The Morgan fingerprint density at radius 3 is 2.79 bits per heavy atom. The van der Waals surface area contributed by atoms with Crippen molar-refractivity contribution in [1.82, 2.24) is 15.1 Å². The molecule has 98 valence electrons. The Balaban J connectivity index is 1.99. The van der Waals surface area contributed by atoms with E-state index in [0.717, 1.165) is 9.26 Å². The van der Waals surface area contributed by atoms with Crippen LogP contribution in [0, 0.1) is 3.57 Å². The average molecular weight is 386 g/mol. The van der Waals surface area contributed by atoms with Crippen LogP contribution in [0.4, 0.5) is 5.69 Å². The van der Waals surface area contributed by atoms with Crippen LogP contribution in [0.5, 0.6) is 0 Å². The third-order valence-corrected chi connectivity index (χ3v) is 3.46. The zero-order chi connectivity index (χ0) is 13.8. The predicted octanol–water partition coefficient (Wildman–Crippen LogP) is 2.15. The van der Waals surface area contributed by atoms with Gasteiger partial charge < -0.3 is 5.32 Å². The summed E-state index contributed by atoms with van der Waals surface area (Å²) in [7, 11) is 1.75. The number of benzene rings is 1. The van der Waals surface area contributed by atoms with Crippen molar-refractivity contribution in [3.63, 3.8) is 0 Å². The Hall–Kier alpha value is -1.48. The minimum atomic E-state index is -0.281. The molecule has 0 atom stereocenters. The van der Waals surface area contributed by atoms with Gasteiger partial charge in [0.2, 0.25) is 0 Å². The maximum atomic E-state index is 11.8. The standard InChI is InChI=1S/C12H11IN4OS/c1-17-7-8(6-14-17)11(18)16-12(19)15-10-5-3-2-4-9(10)13/h2-7H,1H3,(H2,15,16,18,19). The minimum Gasteiger partial charge on any atom is -0.332 e. The summed E-state index contributed by atoms with van der Waals surface area (Å²) in [6.45, 7) is 0. The second-order valence-electron chi connectivity index (χ2n) is 3.79. The van der Waals surface area contributed by atoms with Gasteiger partial charge in [-0.15, -0.1) is 0 Å². The van der Waals surface area contributed by atoms with Gasteiger partial charge in [0.25, 0.3) is 5.91 Å². The molecule has 19 heavy (non-hydrogen) atoms. The summed E-state index contributed by atoms with van der Waals surface area (Å²) in [6, 6.07) is 7.68. The van der Waals surface area contributed by atoms with Crippen LogP contribution in [-0.2, 0) is 7.05 Å². The molecule has 5 nitrogen and oxygen atoms in total. The number of carbonyl (C=O) groups is 1. The average Bonchev–Trinajstić information content (AvgIpc) is 2.79. The first-order chi connectivity index (χ1) is 9.06. The molecule has 0 fully saturated rings. The number of nitrogens with one attached hydrogen (secondary N) is 2. The van der Waals surface area contributed by atoms with Crippen LogP contribution in [0.1, 0.15) is 10.4 Å². The number of halogens is 1. The topological polar surface area (TPSA) is 59.0 Å². The molecule has 0 aliphatic heterocycles. The van der Waals surface area contributed by atoms with Crippen LogP contribution in [-0.4, -0.2) is 20.8 Å². The van der Waals surface area contributed by atoms with Gasteiger partial charge in [-0.05, 0) is 46.9 Å². The predicted molar refractivity (Wildman–Crippen MR) is 86.1 cm³/mol. The first-order valence-electron chi connectivity index (χ1n) is 5.42. The second-order valence-corrected chi connectivity index (χ2v) is 5.36. The van der Waals surface area contributed by atoms with E-state index >= 15 is 0 Å². The van der Waals surface area contributed by atoms with Gasteiger partial charge >= 0.3 is 0 Å². The van der Waals surface area contributed by atoms with Gasteiger partial charge in [-0.25, -0.2) is 0 Å². The van der Waals surface area contributed by atoms with Gasteiger partial charge in [-0.2, -0.15) is 5.10 Å². The molecule has 1 amide bonds. The molecule has 0 unspecified atom stereocenters. The zero-order valence-corrected chi connectivity index (χ0v) is 13.0. The van der Waals surface area contributed by atoms with Crippen molar-refractivity contribution in [3.05, 3.63) is 45.8 Å². The number of para-hydroxylation sites is 1. The number of thiocarbonyl (C=S) groups is 1. The van der Waals surface area contributed by atoms with Crippen molar-refractivity contribution in [2.45, 2.75) is 0 Å². The normalized spacial score (nSPS) is 10.0. The molecule has 2 N–H and O–H groups in total. The summed E-state index contributed by atoms with van der Waals surface area (Å²) in [6.07, 6.45) is 3.12. The Morgan fingerprint density at radius 1 is 1.42 bits per heavy atom. The Labute approximate surface area is 129 Å². The number of hydrogen-bond acceptors (Lipinski definition) is 3. The molecule has 0 aliphatic carbocycles. The molecule has 0 spiro atoms. The van der Waals surface area contributed by atoms with E-state index in [0.29, 0.717) is 5.56 Å². The highest BCUT2D eigenvalue weighted by Gasteiger charge is 2.10. The molecule has 0 bridgehead atoms. The smallest absolute Gasteiger partial charge is 0.260 e. The summed E-state index contributed by atoms with van der Waals surface area (Å²) in [5.41, 5.74) is 1.33. The third-order valence-electron chi connectivity index (χ3n) is 2.32. The van der Waals surface area contributed by atoms with Gasteiger partial charge in [0.15, 0.2) is 5.11 Å². The first kappa shape index (κ1) is 13.9. The van der Waals surface area contributed by atoms with Crippen LogP contribution in [0.15, 0.2) is 36.7 Å². The molecular formula is C12H11IN4OS. The van der Waals surface area contributed by atoms with Crippen molar-refractivity contribution < 1.29 is 4.79 Å². The number of rotatable bonds is 2. The van der Waals surface area contributed by atoms with Crippen LogP contribution < -0.4 is 10.6 Å². The van der Waals surface area contributed by atoms with E-state index < -0.39 is 0 Å². The Bertz CT molecular complexity index is 626. The van der Waals surface area contributed by atoms with E-state index in [1.54, 1.807) is 17.9 Å². The highest BCUT2D eigenvalue weighted by molar-refractivity contribution is 14.1. The van der Waals surface area contributed by atoms with E-state index in [1.807, 2.05) is 24.3 Å². The number of nitrogens with zero attached hydrogens (tertiary/aromatic N) is 2. The van der Waals surface area contributed by atoms with Gasteiger partial charge in [-0.1, -0.05) is 12.1 Å². The van der Waals surface area contributed by atoms with Crippen molar-refractivity contribution in [3.8, 4) is 0 Å². The Morgan fingerprint density at radius 2 is 2.16 bits per heavy atom. The van der Waals surface area contributed by atoms with E-state index in [-0.39, 0.29) is 11.0 Å². The van der Waals surface area contributed by atoms with Crippen molar-refractivity contribution in [2.24, 2.45) is 7.05 Å². The molecular weight excluding hydrogens is 375 g/mol. The van der Waals surface area contributed by atoms with Gasteiger partial charge in [-0.3, -0.25) is 14.8 Å². The van der Waals surface area contributed by atoms with Crippen molar-refractivity contribution >= 4 is 51.5 Å². The van der Waals surface area contributed by atoms with Crippen LogP contribution in [0.3, 0.4) is 0 Å². The lowest BCUT2D eigenvalue weighted by atomic mass is 10.3. The van der Waals surface area contributed by atoms with Gasteiger partial charge in [0.1, 0.15) is 0 Å². The lowest BCUT2D eigenvalue weighted by Crippen LogP contribution is -2.34. The summed E-state index contributed by atoms with van der Waals surface area (Å²) < 4.78 is 2.59. The summed E-state index contributed by atoms with van der Waals surface area (Å²) >= 11 is 7.30.